The van der Waals surface area contributed by atoms with Gasteiger partial charge in [0.05, 0.1) is 10.6 Å². The Labute approximate surface area is 135 Å². The lowest BCUT2D eigenvalue weighted by molar-refractivity contribution is 0.187. The molecule has 0 heterocycles. The van der Waals surface area contributed by atoms with E-state index in [0.717, 1.165) is 38.0 Å². The smallest absolute Gasteiger partial charge is 0.321 e. The van der Waals surface area contributed by atoms with Crippen LogP contribution in [0.25, 0.3) is 0 Å². The van der Waals surface area contributed by atoms with Gasteiger partial charge >= 0.3 is 6.03 Å². The maximum atomic E-state index is 13.9. The second-order valence-electron chi connectivity index (χ2n) is 6.62. The van der Waals surface area contributed by atoms with Crippen molar-refractivity contribution in [2.75, 3.05) is 18.6 Å². The highest BCUT2D eigenvalue weighted by atomic mass is 32.2. The van der Waals surface area contributed by atoms with E-state index in [9.17, 15) is 17.6 Å². The summed E-state index contributed by atoms with van der Waals surface area (Å²) >= 11 is 0. The number of carbonyl (C=O) groups is 1. The number of hydrogen-bond donors (Lipinski definition) is 1. The molecule has 0 aliphatic heterocycles. The lowest BCUT2D eigenvalue weighted by atomic mass is 10.1. The zero-order chi connectivity index (χ0) is 16.8. The van der Waals surface area contributed by atoms with Gasteiger partial charge < -0.3 is 10.2 Å². The molecule has 2 fully saturated rings. The zero-order valence-electron chi connectivity index (χ0n) is 13.3. The van der Waals surface area contributed by atoms with Gasteiger partial charge in [-0.15, -0.1) is 0 Å². The first kappa shape index (κ1) is 16.2. The molecular formula is C16H21FN2O3S. The van der Waals surface area contributed by atoms with Crippen LogP contribution in [0.3, 0.4) is 0 Å². The Morgan fingerprint density at radius 2 is 1.83 bits per heavy atom. The number of halogens is 1. The molecule has 1 aromatic carbocycles. The van der Waals surface area contributed by atoms with Crippen molar-refractivity contribution in [1.82, 2.24) is 4.90 Å². The number of anilines is 1. The molecule has 0 radical (unpaired) electrons. The van der Waals surface area contributed by atoms with Crippen molar-refractivity contribution in [1.29, 1.82) is 0 Å². The molecule has 0 saturated heterocycles. The Balaban J connectivity index is 1.76. The summed E-state index contributed by atoms with van der Waals surface area (Å²) in [6.07, 6.45) is 5.59. The predicted octanol–water partition coefficient (Wildman–Crippen LogP) is 2.88. The summed E-state index contributed by atoms with van der Waals surface area (Å²) in [6.45, 7) is 0. The molecule has 1 aromatic rings. The number of nitrogens with one attached hydrogen (secondary N) is 1. The minimum absolute atomic E-state index is 0.0159. The lowest BCUT2D eigenvalue weighted by Gasteiger charge is -2.28. The molecule has 23 heavy (non-hydrogen) atoms. The molecule has 1 N–H and O–H groups in total. The fraction of sp³-hybridized carbons (Fsp3) is 0.562. The van der Waals surface area contributed by atoms with E-state index in [4.69, 9.17) is 0 Å². The quantitative estimate of drug-likeness (QED) is 0.838. The molecule has 2 amide bonds. The molecular weight excluding hydrogens is 319 g/mol. The Hall–Kier alpha value is -1.63. The molecule has 0 aromatic heterocycles. The summed E-state index contributed by atoms with van der Waals surface area (Å²) in [7, 11) is -1.72. The average Bonchev–Trinajstić information content (AvgIpc) is 3.33. The monoisotopic (exact) mass is 340 g/mol. The van der Waals surface area contributed by atoms with Gasteiger partial charge in [-0.2, -0.15) is 0 Å². The molecule has 2 aliphatic rings. The SMILES string of the molecule is CN(C(=O)Nc1cc(S(C)(=O)=O)ccc1F)C(C1CC1)C1CC1. The van der Waals surface area contributed by atoms with Gasteiger partial charge in [-0.1, -0.05) is 0 Å². The van der Waals surface area contributed by atoms with Crippen LogP contribution in [0.2, 0.25) is 0 Å². The van der Waals surface area contributed by atoms with E-state index in [0.29, 0.717) is 11.8 Å². The van der Waals surface area contributed by atoms with E-state index in [1.54, 1.807) is 11.9 Å². The van der Waals surface area contributed by atoms with Gasteiger partial charge in [0.1, 0.15) is 5.82 Å². The second kappa shape index (κ2) is 5.78. The standard InChI is InChI=1S/C16H21FN2O3S/c1-19(15(10-3-4-10)11-5-6-11)16(20)18-14-9-12(23(2,21)22)7-8-13(14)17/h7-11,15H,3-6H2,1-2H3,(H,18,20). The van der Waals surface area contributed by atoms with Crippen LogP contribution in [0.15, 0.2) is 23.1 Å². The fourth-order valence-corrected chi connectivity index (χ4v) is 3.71. The van der Waals surface area contributed by atoms with E-state index >= 15 is 0 Å². The third-order valence-corrected chi connectivity index (χ3v) is 5.70. The van der Waals surface area contributed by atoms with Crippen LogP contribution in [0.4, 0.5) is 14.9 Å². The zero-order valence-corrected chi connectivity index (χ0v) is 14.1. The highest BCUT2D eigenvalue weighted by Gasteiger charge is 2.45. The number of nitrogens with zero attached hydrogens (tertiary/aromatic N) is 1. The second-order valence-corrected chi connectivity index (χ2v) is 8.64. The summed E-state index contributed by atoms with van der Waals surface area (Å²) in [6, 6.07) is 3.24. The maximum Gasteiger partial charge on any atom is 0.321 e. The van der Waals surface area contributed by atoms with E-state index in [-0.39, 0.29) is 16.6 Å². The largest absolute Gasteiger partial charge is 0.324 e. The highest BCUT2D eigenvalue weighted by Crippen LogP contribution is 2.46. The van der Waals surface area contributed by atoms with E-state index < -0.39 is 21.7 Å². The molecule has 2 aliphatic carbocycles. The molecule has 2 saturated carbocycles. The normalized spacial score (nSPS) is 18.1. The van der Waals surface area contributed by atoms with Gasteiger partial charge in [-0.25, -0.2) is 17.6 Å². The van der Waals surface area contributed by atoms with Crippen LogP contribution >= 0.6 is 0 Å². The number of rotatable bonds is 5. The first-order valence-electron chi connectivity index (χ1n) is 7.81. The van der Waals surface area contributed by atoms with E-state index in [1.807, 2.05) is 0 Å². The summed E-state index contributed by atoms with van der Waals surface area (Å²) in [5.41, 5.74) is -0.102. The topological polar surface area (TPSA) is 66.5 Å². The number of urea groups is 1. The van der Waals surface area contributed by atoms with Crippen molar-refractivity contribution >= 4 is 21.6 Å². The number of sulfone groups is 1. The van der Waals surface area contributed by atoms with Gasteiger partial charge in [0.25, 0.3) is 0 Å². The number of amides is 2. The van der Waals surface area contributed by atoms with Gasteiger partial charge in [0.2, 0.25) is 0 Å². The third-order valence-electron chi connectivity index (χ3n) is 4.59. The fourth-order valence-electron chi connectivity index (χ4n) is 3.06. The molecule has 0 spiro atoms. The molecule has 0 atom stereocenters. The highest BCUT2D eigenvalue weighted by molar-refractivity contribution is 7.90. The van der Waals surface area contributed by atoms with Gasteiger partial charge in [-0.05, 0) is 55.7 Å². The average molecular weight is 340 g/mol. The van der Waals surface area contributed by atoms with Crippen molar-refractivity contribution in [3.63, 3.8) is 0 Å². The summed E-state index contributed by atoms with van der Waals surface area (Å²) in [5.74, 6) is 0.449. The summed E-state index contributed by atoms with van der Waals surface area (Å²) < 4.78 is 37.0. The number of carbonyl (C=O) groups excluding carboxylic acids is 1. The van der Waals surface area contributed by atoms with Gasteiger partial charge in [-0.3, -0.25) is 0 Å². The summed E-state index contributed by atoms with van der Waals surface area (Å²) in [4.78, 5) is 14.1. The maximum absolute atomic E-state index is 13.9. The Kier molecular flexibility index (Phi) is 4.08. The molecule has 0 unspecified atom stereocenters. The van der Waals surface area contributed by atoms with Crippen molar-refractivity contribution < 1.29 is 17.6 Å². The van der Waals surface area contributed by atoms with E-state index in [1.165, 1.54) is 12.1 Å². The van der Waals surface area contributed by atoms with Crippen molar-refractivity contribution in [2.24, 2.45) is 11.8 Å². The van der Waals surface area contributed by atoms with Crippen molar-refractivity contribution in [2.45, 2.75) is 36.6 Å². The van der Waals surface area contributed by atoms with Crippen LogP contribution in [0.5, 0.6) is 0 Å². The van der Waals surface area contributed by atoms with Crippen LogP contribution in [0.1, 0.15) is 25.7 Å². The van der Waals surface area contributed by atoms with Crippen LogP contribution in [0, 0.1) is 17.7 Å². The minimum Gasteiger partial charge on any atom is -0.324 e. The molecule has 7 heteroatoms. The molecule has 5 nitrogen and oxygen atoms in total. The first-order chi connectivity index (χ1) is 10.8. The predicted molar refractivity (Wildman–Crippen MR) is 85.5 cm³/mol. The molecule has 126 valence electrons. The van der Waals surface area contributed by atoms with Gasteiger partial charge in [0.15, 0.2) is 9.84 Å². The Morgan fingerprint density at radius 3 is 2.30 bits per heavy atom. The summed E-state index contributed by atoms with van der Waals surface area (Å²) in [5, 5.41) is 2.52. The number of hydrogen-bond acceptors (Lipinski definition) is 3. The van der Waals surface area contributed by atoms with Crippen LogP contribution in [-0.4, -0.2) is 38.7 Å². The lowest BCUT2D eigenvalue weighted by Crippen LogP contribution is -2.42. The van der Waals surface area contributed by atoms with E-state index in [2.05, 4.69) is 5.32 Å². The van der Waals surface area contributed by atoms with Crippen molar-refractivity contribution in [3.05, 3.63) is 24.0 Å². The molecule has 3 rings (SSSR count). The van der Waals surface area contributed by atoms with Crippen LogP contribution < -0.4 is 5.32 Å². The van der Waals surface area contributed by atoms with Gasteiger partial charge in [0, 0.05) is 19.3 Å². The van der Waals surface area contributed by atoms with Crippen LogP contribution in [-0.2, 0) is 9.84 Å². The number of benzene rings is 1. The Bertz CT molecular complexity index is 715. The van der Waals surface area contributed by atoms with Crippen molar-refractivity contribution in [3.8, 4) is 0 Å². The minimum atomic E-state index is -3.45. The Morgan fingerprint density at radius 1 is 1.26 bits per heavy atom. The first-order valence-corrected chi connectivity index (χ1v) is 9.70. The molecule has 0 bridgehead atoms. The third kappa shape index (κ3) is 3.65.